The van der Waals surface area contributed by atoms with Crippen LogP contribution in [0.3, 0.4) is 0 Å². The second-order valence-electron chi connectivity index (χ2n) is 4.81. The van der Waals surface area contributed by atoms with Crippen molar-refractivity contribution in [2.24, 2.45) is 0 Å². The molecule has 0 saturated heterocycles. The molecule has 0 bridgehead atoms. The Morgan fingerprint density at radius 1 is 1.09 bits per heavy atom. The van der Waals surface area contributed by atoms with E-state index in [0.717, 1.165) is 6.07 Å². The van der Waals surface area contributed by atoms with Gasteiger partial charge in [-0.25, -0.2) is 0 Å². The summed E-state index contributed by atoms with van der Waals surface area (Å²) in [6.07, 6.45) is -5.48. The van der Waals surface area contributed by atoms with Gasteiger partial charge in [0.2, 0.25) is 0 Å². The topological polar surface area (TPSA) is 41.5 Å². The second kappa shape index (κ2) is 7.57. The number of benzene rings is 2. The van der Waals surface area contributed by atoms with Gasteiger partial charge in [0.05, 0.1) is 17.5 Å². The predicted octanol–water partition coefficient (Wildman–Crippen LogP) is 4.51. The van der Waals surface area contributed by atoms with E-state index < -0.39 is 17.8 Å². The number of alkyl halides is 4. The minimum Gasteiger partial charge on any atom is -0.457 e. The van der Waals surface area contributed by atoms with Crippen molar-refractivity contribution in [3.63, 3.8) is 0 Å². The molecule has 2 N–H and O–H groups in total. The van der Waals surface area contributed by atoms with Crippen molar-refractivity contribution in [3.8, 4) is 11.5 Å². The van der Waals surface area contributed by atoms with Gasteiger partial charge in [0.15, 0.2) is 0 Å². The zero-order chi connectivity index (χ0) is 16.9. The highest BCUT2D eigenvalue weighted by Crippen LogP contribution is 2.38. The van der Waals surface area contributed by atoms with Crippen molar-refractivity contribution in [2.75, 3.05) is 17.7 Å². The maximum absolute atomic E-state index is 13.2. The van der Waals surface area contributed by atoms with Crippen LogP contribution >= 0.6 is 11.6 Å². The Balaban J connectivity index is 2.24. The minimum atomic E-state index is -4.55. The van der Waals surface area contributed by atoms with Crippen LogP contribution in [0.25, 0.3) is 0 Å². The molecule has 0 amide bonds. The van der Waals surface area contributed by atoms with Crippen LogP contribution in [-0.4, -0.2) is 23.6 Å². The Morgan fingerprint density at radius 2 is 1.78 bits per heavy atom. The lowest BCUT2D eigenvalue weighted by atomic mass is 10.1. The zero-order valence-electron chi connectivity index (χ0n) is 12.0. The number of aliphatic hydroxyl groups excluding tert-OH is 1. The number of hydrogen-bond acceptors (Lipinski definition) is 3. The van der Waals surface area contributed by atoms with E-state index >= 15 is 0 Å². The highest BCUT2D eigenvalue weighted by Gasteiger charge is 2.34. The quantitative estimate of drug-likeness (QED) is 0.757. The minimum absolute atomic E-state index is 0.0659. The van der Waals surface area contributed by atoms with E-state index in [1.165, 1.54) is 12.1 Å². The summed E-state index contributed by atoms with van der Waals surface area (Å²) in [7, 11) is 0. The Morgan fingerprint density at radius 3 is 2.39 bits per heavy atom. The molecule has 0 aliphatic carbocycles. The SMILES string of the molecule is OC(CCl)CNc1ccc(Oc2ccccc2)cc1C(F)(F)F. The van der Waals surface area contributed by atoms with Gasteiger partial charge in [-0.2, -0.15) is 13.2 Å². The largest absolute Gasteiger partial charge is 0.457 e. The van der Waals surface area contributed by atoms with Crippen LogP contribution in [0.2, 0.25) is 0 Å². The molecule has 3 nitrogen and oxygen atoms in total. The van der Waals surface area contributed by atoms with Crippen LogP contribution in [0.1, 0.15) is 5.56 Å². The van der Waals surface area contributed by atoms with E-state index in [0.29, 0.717) is 5.75 Å². The number of anilines is 1. The highest BCUT2D eigenvalue weighted by atomic mass is 35.5. The van der Waals surface area contributed by atoms with Crippen molar-refractivity contribution in [1.82, 2.24) is 0 Å². The molecular weight excluding hydrogens is 331 g/mol. The first kappa shape index (κ1) is 17.4. The fraction of sp³-hybridized carbons (Fsp3) is 0.250. The van der Waals surface area contributed by atoms with Gasteiger partial charge in [-0.15, -0.1) is 11.6 Å². The predicted molar refractivity (Wildman–Crippen MR) is 83.2 cm³/mol. The van der Waals surface area contributed by atoms with Crippen molar-refractivity contribution < 1.29 is 23.0 Å². The molecule has 2 aromatic carbocycles. The van der Waals surface area contributed by atoms with E-state index in [9.17, 15) is 18.3 Å². The molecule has 0 aromatic heterocycles. The number of hydrogen-bond donors (Lipinski definition) is 2. The van der Waals surface area contributed by atoms with Gasteiger partial charge in [0.1, 0.15) is 11.5 Å². The molecule has 2 aromatic rings. The Labute approximate surface area is 136 Å². The fourth-order valence-electron chi connectivity index (χ4n) is 1.88. The summed E-state index contributed by atoms with van der Waals surface area (Å²) >= 11 is 5.43. The van der Waals surface area contributed by atoms with Gasteiger partial charge >= 0.3 is 6.18 Å². The summed E-state index contributed by atoms with van der Waals surface area (Å²) in [4.78, 5) is 0. The lowest BCUT2D eigenvalue weighted by Gasteiger charge is -2.17. The lowest BCUT2D eigenvalue weighted by Crippen LogP contribution is -2.22. The Kier molecular flexibility index (Phi) is 5.74. The number of nitrogens with one attached hydrogen (secondary N) is 1. The molecule has 0 aliphatic rings. The summed E-state index contributed by atoms with van der Waals surface area (Å²) in [5.41, 5.74) is -1.00. The number of halogens is 4. The van der Waals surface area contributed by atoms with Crippen molar-refractivity contribution in [1.29, 1.82) is 0 Å². The Bertz CT molecular complexity index is 635. The summed E-state index contributed by atoms with van der Waals surface area (Å²) in [5, 5.41) is 11.9. The summed E-state index contributed by atoms with van der Waals surface area (Å²) < 4.78 is 45.0. The lowest BCUT2D eigenvalue weighted by molar-refractivity contribution is -0.137. The van der Waals surface area contributed by atoms with E-state index in [4.69, 9.17) is 16.3 Å². The van der Waals surface area contributed by atoms with Crippen LogP contribution in [0.15, 0.2) is 48.5 Å². The molecule has 124 valence electrons. The highest BCUT2D eigenvalue weighted by molar-refractivity contribution is 6.18. The van der Waals surface area contributed by atoms with Crippen LogP contribution in [0.4, 0.5) is 18.9 Å². The first-order chi connectivity index (χ1) is 10.9. The molecule has 2 rings (SSSR count). The standard InChI is InChI=1S/C16H15ClF3NO2/c17-9-11(22)10-21-15-7-6-13(8-14(15)16(18,19)20)23-12-4-2-1-3-5-12/h1-8,11,21-22H,9-10H2. The van der Waals surface area contributed by atoms with Gasteiger partial charge in [-0.1, -0.05) is 18.2 Å². The molecule has 0 radical (unpaired) electrons. The monoisotopic (exact) mass is 345 g/mol. The van der Waals surface area contributed by atoms with Gasteiger partial charge < -0.3 is 15.2 Å². The number of aliphatic hydroxyl groups is 1. The van der Waals surface area contributed by atoms with E-state index in [2.05, 4.69) is 5.32 Å². The molecule has 0 fully saturated rings. The van der Waals surface area contributed by atoms with E-state index in [-0.39, 0.29) is 23.9 Å². The molecule has 7 heteroatoms. The number of rotatable bonds is 6. The third-order valence-corrected chi connectivity index (χ3v) is 3.34. The van der Waals surface area contributed by atoms with Crippen molar-refractivity contribution >= 4 is 17.3 Å². The molecular formula is C16H15ClF3NO2. The van der Waals surface area contributed by atoms with Crippen LogP contribution in [-0.2, 0) is 6.18 Å². The summed E-state index contributed by atoms with van der Waals surface area (Å²) in [6.45, 7) is -0.0779. The number of para-hydroxylation sites is 1. The van der Waals surface area contributed by atoms with Crippen LogP contribution < -0.4 is 10.1 Å². The summed E-state index contributed by atoms with van der Waals surface area (Å²) in [5.74, 6) is 0.453. The Hall–Kier alpha value is -1.92. The smallest absolute Gasteiger partial charge is 0.418 e. The maximum Gasteiger partial charge on any atom is 0.418 e. The van der Waals surface area contributed by atoms with Gasteiger partial charge in [-0.05, 0) is 30.3 Å². The van der Waals surface area contributed by atoms with Crippen LogP contribution in [0, 0.1) is 0 Å². The third kappa shape index (κ3) is 5.04. The molecule has 0 saturated carbocycles. The van der Waals surface area contributed by atoms with Gasteiger partial charge in [0.25, 0.3) is 0 Å². The molecule has 1 unspecified atom stereocenters. The van der Waals surface area contributed by atoms with Gasteiger partial charge in [0, 0.05) is 12.2 Å². The number of ether oxygens (including phenoxy) is 1. The molecule has 23 heavy (non-hydrogen) atoms. The van der Waals surface area contributed by atoms with Crippen molar-refractivity contribution in [2.45, 2.75) is 12.3 Å². The molecule has 0 spiro atoms. The van der Waals surface area contributed by atoms with Crippen molar-refractivity contribution in [3.05, 3.63) is 54.1 Å². The molecule has 0 heterocycles. The molecule has 0 aliphatic heterocycles. The third-order valence-electron chi connectivity index (χ3n) is 2.98. The van der Waals surface area contributed by atoms with E-state index in [1.807, 2.05) is 0 Å². The van der Waals surface area contributed by atoms with E-state index in [1.54, 1.807) is 30.3 Å². The first-order valence-corrected chi connectivity index (χ1v) is 7.35. The fourth-order valence-corrected chi connectivity index (χ4v) is 1.99. The first-order valence-electron chi connectivity index (χ1n) is 6.82. The average molecular weight is 346 g/mol. The van der Waals surface area contributed by atoms with Crippen LogP contribution in [0.5, 0.6) is 11.5 Å². The normalized spacial score (nSPS) is 12.7. The molecule has 1 atom stereocenters. The maximum atomic E-state index is 13.2. The summed E-state index contributed by atoms with van der Waals surface area (Å²) in [6, 6.07) is 12.1. The van der Waals surface area contributed by atoms with Gasteiger partial charge in [-0.3, -0.25) is 0 Å². The average Bonchev–Trinajstić information content (AvgIpc) is 2.53. The zero-order valence-corrected chi connectivity index (χ0v) is 12.7. The second-order valence-corrected chi connectivity index (χ2v) is 5.12.